The third-order valence-corrected chi connectivity index (χ3v) is 14.7. The largest absolute Gasteiger partial charge is 0.375 e. The molecule has 7 rings (SSSR count). The Balaban J connectivity index is 0.000000453. The highest BCUT2D eigenvalue weighted by Gasteiger charge is 2.28. The van der Waals surface area contributed by atoms with Crippen LogP contribution in [0.2, 0.25) is 0 Å². The number of nitrogens with zero attached hydrogens (tertiary/aromatic N) is 3. The number of aryl methyl sites for hydroxylation is 2. The first-order valence-corrected chi connectivity index (χ1v) is 28.9. The van der Waals surface area contributed by atoms with Gasteiger partial charge in [0.15, 0.2) is 0 Å². The second kappa shape index (κ2) is 35.5. The van der Waals surface area contributed by atoms with Crippen LogP contribution in [-0.2, 0) is 40.1 Å². The fraction of sp³-hybridized carbons (Fsp3) is 0.672. The Bertz CT molecular complexity index is 2070. The maximum absolute atomic E-state index is 11.2. The minimum Gasteiger partial charge on any atom is -0.375 e. The van der Waals surface area contributed by atoms with Crippen molar-refractivity contribution in [1.82, 2.24) is 20.0 Å². The molecule has 0 amide bonds. The summed E-state index contributed by atoms with van der Waals surface area (Å²) in [6.07, 6.45) is 26.0. The van der Waals surface area contributed by atoms with Gasteiger partial charge in [0.05, 0.1) is 23.5 Å². The molecule has 8 heteroatoms. The van der Waals surface area contributed by atoms with Crippen molar-refractivity contribution in [3.8, 4) is 22.4 Å². The number of rotatable bonds is 21. The Morgan fingerprint density at radius 1 is 0.833 bits per heavy atom. The zero-order valence-corrected chi connectivity index (χ0v) is 48.8. The summed E-state index contributed by atoms with van der Waals surface area (Å²) in [4.78, 5) is 25.7. The molecule has 1 aliphatic heterocycles. The Kier molecular flexibility index (Phi) is 31.8. The van der Waals surface area contributed by atoms with Crippen LogP contribution in [0.1, 0.15) is 215 Å². The quantitative estimate of drug-likeness (QED) is 0.0802. The van der Waals surface area contributed by atoms with Crippen molar-refractivity contribution >= 4 is 23.5 Å². The summed E-state index contributed by atoms with van der Waals surface area (Å²) in [6, 6.07) is 17.1. The summed E-state index contributed by atoms with van der Waals surface area (Å²) in [5.74, 6) is 3.52. The van der Waals surface area contributed by atoms with Crippen LogP contribution >= 0.6 is 0 Å². The third-order valence-electron chi connectivity index (χ3n) is 14.7. The molecular formula is C64H107N5O3. The van der Waals surface area contributed by atoms with Gasteiger partial charge in [-0.05, 0) is 134 Å². The maximum atomic E-state index is 11.2. The molecule has 8 nitrogen and oxygen atoms in total. The number of hydrazine groups is 1. The van der Waals surface area contributed by atoms with Crippen molar-refractivity contribution in [2.45, 2.75) is 224 Å². The van der Waals surface area contributed by atoms with Gasteiger partial charge in [-0.1, -0.05) is 171 Å². The summed E-state index contributed by atoms with van der Waals surface area (Å²) < 4.78 is 8.30. The van der Waals surface area contributed by atoms with E-state index in [1.165, 1.54) is 110 Å². The number of nitrogens with one attached hydrogen (secondary N) is 1. The molecule has 2 aromatic carbocycles. The first-order chi connectivity index (χ1) is 34.5. The molecule has 3 aliphatic rings. The molecule has 406 valence electrons. The SMILES string of the molecule is CCC(C)CC1CC1.CCCC.CCCC(C)CC.CCCc1cnc(C(C)OC)c(-c2c(CC(C)(C)CC)c3cc(-c4cccc(CC(N)C=O)c4)ccc3n2CC)c1.CN1CCCCN1.O=CC1CC1. The van der Waals surface area contributed by atoms with Crippen LogP contribution in [0.3, 0.4) is 0 Å². The Morgan fingerprint density at radius 3 is 1.97 bits per heavy atom. The zero-order chi connectivity index (χ0) is 53.6. The van der Waals surface area contributed by atoms with E-state index in [1.807, 2.05) is 12.3 Å². The molecule has 2 aromatic heterocycles. The zero-order valence-electron chi connectivity index (χ0n) is 48.8. The molecule has 0 spiro atoms. The van der Waals surface area contributed by atoms with Gasteiger partial charge in [0.25, 0.3) is 0 Å². The van der Waals surface area contributed by atoms with Crippen LogP contribution in [0, 0.1) is 29.1 Å². The molecule has 4 atom stereocenters. The van der Waals surface area contributed by atoms with Gasteiger partial charge < -0.3 is 24.6 Å². The highest BCUT2D eigenvalue weighted by Crippen LogP contribution is 2.43. The monoisotopic (exact) mass is 994 g/mol. The normalized spacial score (nSPS) is 16.1. The van der Waals surface area contributed by atoms with E-state index < -0.39 is 6.04 Å². The predicted molar refractivity (Wildman–Crippen MR) is 312 cm³/mol. The topological polar surface area (TPSA) is 102 Å². The molecule has 4 unspecified atom stereocenters. The summed E-state index contributed by atoms with van der Waals surface area (Å²) in [7, 11) is 3.84. The second-order valence-electron chi connectivity index (χ2n) is 22.1. The molecule has 2 saturated carbocycles. The lowest BCUT2D eigenvalue weighted by Crippen LogP contribution is -2.39. The number of benzene rings is 2. The van der Waals surface area contributed by atoms with Crippen LogP contribution in [0.25, 0.3) is 33.3 Å². The number of carbonyl (C=O) groups is 2. The number of pyridine rings is 1. The standard InChI is InChI=1S/C36H47N3O2.C8H16.C7H16.C5H12N2.C4H6O.C4H10/c1-8-12-26-19-31(34(38-22-26)24(4)41-7)35-32(21-36(5,6)9-2)30-20-28(15-16-33(30)39(35)10-3)27-14-11-13-25(17-27)18-29(37)23-40;1-3-7(2)6-8-4-5-8;1-4-6-7(3)5-2;1-7-5-3-2-4-6-7;5-3-4-1-2-4;1-3-4-2/h11,13-17,19-20,22-24,29H,8-10,12,18,21,37H2,1-7H3;7-8H,3-6H2,1-2H3;7H,4-6H2,1-3H3;6H,2-5H2,1H3;3-4H,1-2H2;3-4H2,1-2H3. The molecular weight excluding hydrogens is 887 g/mol. The lowest BCUT2D eigenvalue weighted by molar-refractivity contribution is -0.109. The summed E-state index contributed by atoms with van der Waals surface area (Å²) in [5, 5.41) is 3.43. The van der Waals surface area contributed by atoms with E-state index in [1.54, 1.807) is 7.11 Å². The number of hydrogen-bond acceptors (Lipinski definition) is 7. The first-order valence-electron chi connectivity index (χ1n) is 28.9. The number of fused-ring (bicyclic) bond motifs is 1. The minimum absolute atomic E-state index is 0.118. The number of carbonyl (C=O) groups excluding carboxylic acids is 2. The number of aromatic nitrogens is 2. The average molecular weight is 995 g/mol. The van der Waals surface area contributed by atoms with Crippen molar-refractivity contribution in [2.24, 2.45) is 34.8 Å². The molecule has 4 aromatic rings. The van der Waals surface area contributed by atoms with E-state index in [4.69, 9.17) is 15.5 Å². The lowest BCUT2D eigenvalue weighted by atomic mass is 9.81. The van der Waals surface area contributed by atoms with Crippen LogP contribution in [0.15, 0.2) is 54.7 Å². The number of hydrogen-bond donors (Lipinski definition) is 2. The van der Waals surface area contributed by atoms with Crippen LogP contribution in [-0.4, -0.2) is 60.4 Å². The minimum atomic E-state index is -0.488. The van der Waals surface area contributed by atoms with Gasteiger partial charge in [-0.25, -0.2) is 5.01 Å². The predicted octanol–water partition coefficient (Wildman–Crippen LogP) is 16.4. The van der Waals surface area contributed by atoms with Crippen molar-refractivity contribution in [1.29, 1.82) is 0 Å². The van der Waals surface area contributed by atoms with E-state index >= 15 is 0 Å². The summed E-state index contributed by atoms with van der Waals surface area (Å²) in [5.41, 5.74) is 19.9. The van der Waals surface area contributed by atoms with Crippen molar-refractivity contribution in [3.63, 3.8) is 0 Å². The molecule has 72 heavy (non-hydrogen) atoms. The van der Waals surface area contributed by atoms with Gasteiger partial charge >= 0.3 is 0 Å². The summed E-state index contributed by atoms with van der Waals surface area (Å²) in [6.45, 7) is 32.6. The smallest absolute Gasteiger partial charge is 0.137 e. The van der Waals surface area contributed by atoms with E-state index in [-0.39, 0.29) is 11.5 Å². The van der Waals surface area contributed by atoms with Crippen molar-refractivity contribution < 1.29 is 14.3 Å². The second-order valence-corrected chi connectivity index (χ2v) is 22.1. The van der Waals surface area contributed by atoms with E-state index in [0.717, 1.165) is 104 Å². The van der Waals surface area contributed by atoms with Crippen LogP contribution < -0.4 is 11.2 Å². The average Bonchev–Trinajstić information content (AvgIpc) is 4.36. The van der Waals surface area contributed by atoms with Gasteiger partial charge in [-0.2, -0.15) is 0 Å². The number of unbranched alkanes of at least 4 members (excludes halogenated alkanes) is 1. The van der Waals surface area contributed by atoms with Gasteiger partial charge in [0.2, 0.25) is 0 Å². The molecule has 0 bridgehead atoms. The lowest BCUT2D eigenvalue weighted by Gasteiger charge is -2.25. The number of methoxy groups -OCH3 is 1. The number of ether oxygens (including phenoxy) is 1. The van der Waals surface area contributed by atoms with Crippen LogP contribution in [0.5, 0.6) is 0 Å². The fourth-order valence-electron chi connectivity index (χ4n) is 8.63. The van der Waals surface area contributed by atoms with E-state index in [2.05, 4.69) is 155 Å². The third kappa shape index (κ3) is 23.7. The molecule has 3 heterocycles. The maximum Gasteiger partial charge on any atom is 0.137 e. The Hall–Kier alpha value is -3.69. The molecule has 3 N–H and O–H groups in total. The molecule has 0 radical (unpaired) electrons. The van der Waals surface area contributed by atoms with Crippen molar-refractivity contribution in [3.05, 3.63) is 77.1 Å². The van der Waals surface area contributed by atoms with E-state index in [9.17, 15) is 9.59 Å². The highest BCUT2D eigenvalue weighted by molar-refractivity contribution is 5.95. The first kappa shape index (κ1) is 64.4. The fourth-order valence-corrected chi connectivity index (χ4v) is 8.63. The van der Waals surface area contributed by atoms with Crippen molar-refractivity contribution in [2.75, 3.05) is 27.2 Å². The number of aldehydes is 2. The van der Waals surface area contributed by atoms with Gasteiger partial charge in [-0.3, -0.25) is 10.4 Å². The van der Waals surface area contributed by atoms with Crippen LogP contribution in [0.4, 0.5) is 0 Å². The molecule has 3 fully saturated rings. The number of nitrogens with two attached hydrogens (primary N) is 1. The highest BCUT2D eigenvalue weighted by atomic mass is 16.5. The van der Waals surface area contributed by atoms with Gasteiger partial charge in [-0.15, -0.1) is 0 Å². The summed E-state index contributed by atoms with van der Waals surface area (Å²) >= 11 is 0. The van der Waals surface area contributed by atoms with Gasteiger partial charge in [0.1, 0.15) is 12.6 Å². The Labute approximate surface area is 441 Å². The van der Waals surface area contributed by atoms with E-state index in [0.29, 0.717) is 12.3 Å². The van der Waals surface area contributed by atoms with Gasteiger partial charge in [0, 0.05) is 62.4 Å². The molecule has 1 saturated heterocycles. The molecule has 2 aliphatic carbocycles. The Morgan fingerprint density at radius 2 is 1.51 bits per heavy atom.